The average Bonchev–Trinajstić information content (AvgIpc) is 2.56. The maximum Gasteiger partial charge on any atom is 0.308 e. The minimum absolute atomic E-state index is 0.0420. The van der Waals surface area contributed by atoms with E-state index in [1.807, 2.05) is 30.3 Å². The number of carbonyl (C=O) groups is 1. The van der Waals surface area contributed by atoms with E-state index < -0.39 is 18.5 Å². The first-order chi connectivity index (χ1) is 11.2. The van der Waals surface area contributed by atoms with Gasteiger partial charge in [-0.3, -0.25) is 4.79 Å². The van der Waals surface area contributed by atoms with Crippen LogP contribution in [-0.2, 0) is 23.7 Å². The predicted molar refractivity (Wildman–Crippen MR) is 80.5 cm³/mol. The highest BCUT2D eigenvalue weighted by Gasteiger charge is 2.43. The van der Waals surface area contributed by atoms with Crippen molar-refractivity contribution in [2.45, 2.75) is 50.5 Å². The van der Waals surface area contributed by atoms with Gasteiger partial charge in [-0.2, -0.15) is 0 Å². The van der Waals surface area contributed by atoms with Gasteiger partial charge in [-0.15, -0.1) is 0 Å². The zero-order valence-corrected chi connectivity index (χ0v) is 13.1. The second-order valence-electron chi connectivity index (χ2n) is 5.78. The lowest BCUT2D eigenvalue weighted by molar-refractivity contribution is -0.302. The molecule has 6 nitrogen and oxygen atoms in total. The Hall–Kier alpha value is -1.47. The summed E-state index contributed by atoms with van der Waals surface area (Å²) in [4.78, 5) is 11.6. The van der Waals surface area contributed by atoms with E-state index in [2.05, 4.69) is 0 Å². The van der Waals surface area contributed by atoms with Crippen molar-refractivity contribution in [1.82, 2.24) is 0 Å². The maximum absolute atomic E-state index is 11.6. The van der Waals surface area contributed by atoms with Crippen LogP contribution in [0.4, 0.5) is 0 Å². The Kier molecular flexibility index (Phi) is 5.27. The van der Waals surface area contributed by atoms with Crippen LogP contribution >= 0.6 is 0 Å². The molecule has 0 unspecified atom stereocenters. The lowest BCUT2D eigenvalue weighted by atomic mass is 9.95. The summed E-state index contributed by atoms with van der Waals surface area (Å²) < 4.78 is 22.4. The monoisotopic (exact) mass is 322 g/mol. The molecule has 2 saturated heterocycles. The third kappa shape index (κ3) is 3.90. The van der Waals surface area contributed by atoms with Crippen molar-refractivity contribution in [3.63, 3.8) is 0 Å². The first kappa shape index (κ1) is 16.4. The van der Waals surface area contributed by atoms with Gasteiger partial charge in [0.1, 0.15) is 6.10 Å². The van der Waals surface area contributed by atoms with Crippen molar-refractivity contribution in [3.05, 3.63) is 35.9 Å². The fourth-order valence-electron chi connectivity index (χ4n) is 2.97. The number of aliphatic hydroxyl groups excluding tert-OH is 1. The predicted octanol–water partition coefficient (Wildman–Crippen LogP) is 1.57. The number of ether oxygens (including phenoxy) is 4. The Labute approximate surface area is 135 Å². The summed E-state index contributed by atoms with van der Waals surface area (Å²) in [6.07, 6.45) is -1.84. The summed E-state index contributed by atoms with van der Waals surface area (Å²) in [5.41, 5.74) is 0.939. The minimum Gasteiger partial charge on any atom is -0.466 e. The van der Waals surface area contributed by atoms with Crippen LogP contribution in [-0.4, -0.2) is 48.7 Å². The van der Waals surface area contributed by atoms with Crippen molar-refractivity contribution in [2.24, 2.45) is 0 Å². The lowest BCUT2D eigenvalue weighted by Crippen LogP contribution is -2.53. The van der Waals surface area contributed by atoms with E-state index in [1.54, 1.807) is 6.92 Å². The summed E-state index contributed by atoms with van der Waals surface area (Å²) in [5, 5.41) is 10.2. The second kappa shape index (κ2) is 7.40. The summed E-state index contributed by atoms with van der Waals surface area (Å²) in [6, 6.07) is 9.66. The number of benzene rings is 1. The molecule has 2 fully saturated rings. The van der Waals surface area contributed by atoms with Gasteiger partial charge in [0.25, 0.3) is 0 Å². The topological polar surface area (TPSA) is 74.2 Å². The van der Waals surface area contributed by atoms with Crippen LogP contribution in [0.3, 0.4) is 0 Å². The van der Waals surface area contributed by atoms with Crippen molar-refractivity contribution in [1.29, 1.82) is 0 Å². The molecule has 0 bridgehead atoms. The molecular formula is C17H22O6. The molecule has 1 N–H and O–H groups in total. The molecule has 0 amide bonds. The Morgan fingerprint density at radius 3 is 2.78 bits per heavy atom. The summed E-state index contributed by atoms with van der Waals surface area (Å²) in [6.45, 7) is 2.44. The van der Waals surface area contributed by atoms with E-state index in [1.165, 1.54) is 0 Å². The zero-order valence-electron chi connectivity index (χ0n) is 13.1. The fourth-order valence-corrected chi connectivity index (χ4v) is 2.97. The van der Waals surface area contributed by atoms with Crippen LogP contribution in [0.15, 0.2) is 30.3 Å². The molecule has 1 aromatic carbocycles. The summed E-state index contributed by atoms with van der Waals surface area (Å²) in [7, 11) is 0. The van der Waals surface area contributed by atoms with Gasteiger partial charge in [0.05, 0.1) is 37.9 Å². The van der Waals surface area contributed by atoms with E-state index >= 15 is 0 Å². The number of carbonyl (C=O) groups excluding carboxylic acids is 1. The van der Waals surface area contributed by atoms with Crippen LogP contribution in [0.2, 0.25) is 0 Å². The molecule has 0 saturated carbocycles. The molecule has 0 spiro atoms. The third-order valence-electron chi connectivity index (χ3n) is 4.12. The number of hydrogen-bond acceptors (Lipinski definition) is 6. The SMILES string of the molecule is CCOC(=O)C[C@@H]1O[C@@H]2CO[C@@H](c3ccccc3)O[C@H]2C[C@H]1O. The van der Waals surface area contributed by atoms with Crippen LogP contribution in [0.5, 0.6) is 0 Å². The van der Waals surface area contributed by atoms with Gasteiger partial charge in [0, 0.05) is 12.0 Å². The number of rotatable bonds is 4. The highest BCUT2D eigenvalue weighted by molar-refractivity contribution is 5.70. The molecule has 1 aromatic rings. The van der Waals surface area contributed by atoms with Crippen molar-refractivity contribution in [3.8, 4) is 0 Å². The van der Waals surface area contributed by atoms with E-state index in [-0.39, 0.29) is 24.6 Å². The number of aliphatic hydroxyl groups is 1. The van der Waals surface area contributed by atoms with Gasteiger partial charge in [-0.25, -0.2) is 0 Å². The largest absolute Gasteiger partial charge is 0.466 e. The first-order valence-corrected chi connectivity index (χ1v) is 7.98. The molecule has 2 aliphatic heterocycles. The first-order valence-electron chi connectivity index (χ1n) is 7.98. The standard InChI is InChI=1S/C17H22O6/c1-2-20-16(19)9-13-12(18)8-14-15(22-13)10-21-17(23-14)11-6-4-3-5-7-11/h3-7,12-15,17-18H,2,8-10H2,1H3/t12-,13+,14+,15-,17-/m1/s1. The number of esters is 1. The third-order valence-corrected chi connectivity index (χ3v) is 4.12. The van der Waals surface area contributed by atoms with Gasteiger partial charge in [0.2, 0.25) is 0 Å². The van der Waals surface area contributed by atoms with Crippen LogP contribution in [0, 0.1) is 0 Å². The van der Waals surface area contributed by atoms with E-state index in [4.69, 9.17) is 18.9 Å². The molecule has 126 valence electrons. The Morgan fingerprint density at radius 1 is 1.26 bits per heavy atom. The zero-order chi connectivity index (χ0) is 16.2. The highest BCUT2D eigenvalue weighted by atomic mass is 16.7. The fraction of sp³-hybridized carbons (Fsp3) is 0.588. The molecule has 3 rings (SSSR count). The molecule has 2 heterocycles. The second-order valence-corrected chi connectivity index (χ2v) is 5.78. The maximum atomic E-state index is 11.6. The van der Waals surface area contributed by atoms with Gasteiger partial charge < -0.3 is 24.1 Å². The van der Waals surface area contributed by atoms with Gasteiger partial charge >= 0.3 is 5.97 Å². The van der Waals surface area contributed by atoms with Crippen molar-refractivity contribution < 1.29 is 28.8 Å². The van der Waals surface area contributed by atoms with E-state index in [0.29, 0.717) is 19.6 Å². The number of fused-ring (bicyclic) bond motifs is 1. The lowest BCUT2D eigenvalue weighted by Gasteiger charge is -2.43. The normalized spacial score (nSPS) is 33.7. The van der Waals surface area contributed by atoms with Gasteiger partial charge in [-0.05, 0) is 6.92 Å². The van der Waals surface area contributed by atoms with Crippen molar-refractivity contribution >= 4 is 5.97 Å². The molecule has 2 aliphatic rings. The van der Waals surface area contributed by atoms with Crippen LogP contribution in [0.1, 0.15) is 31.6 Å². The summed E-state index contributed by atoms with van der Waals surface area (Å²) in [5.74, 6) is -0.366. The van der Waals surface area contributed by atoms with Crippen molar-refractivity contribution in [2.75, 3.05) is 13.2 Å². The van der Waals surface area contributed by atoms with Gasteiger partial charge in [0.15, 0.2) is 6.29 Å². The molecule has 23 heavy (non-hydrogen) atoms. The van der Waals surface area contributed by atoms with Gasteiger partial charge in [-0.1, -0.05) is 30.3 Å². The highest BCUT2D eigenvalue weighted by Crippen LogP contribution is 2.34. The Balaban J connectivity index is 1.59. The molecule has 0 aliphatic carbocycles. The smallest absolute Gasteiger partial charge is 0.308 e. The molecule has 0 aromatic heterocycles. The quantitative estimate of drug-likeness (QED) is 0.848. The van der Waals surface area contributed by atoms with Crippen LogP contribution < -0.4 is 0 Å². The molecule has 5 atom stereocenters. The van der Waals surface area contributed by atoms with E-state index in [9.17, 15) is 9.90 Å². The van der Waals surface area contributed by atoms with Crippen LogP contribution in [0.25, 0.3) is 0 Å². The summed E-state index contributed by atoms with van der Waals surface area (Å²) >= 11 is 0. The minimum atomic E-state index is -0.754. The average molecular weight is 322 g/mol. The van der Waals surface area contributed by atoms with E-state index in [0.717, 1.165) is 5.56 Å². The molecule has 0 radical (unpaired) electrons. The Bertz CT molecular complexity index is 519. The number of hydrogen-bond donors (Lipinski definition) is 1. The molecule has 6 heteroatoms. The Morgan fingerprint density at radius 2 is 2.04 bits per heavy atom. The molecular weight excluding hydrogens is 300 g/mol.